The highest BCUT2D eigenvalue weighted by Gasteiger charge is 2.21. The van der Waals surface area contributed by atoms with Crippen LogP contribution in [0.2, 0.25) is 0 Å². The lowest BCUT2D eigenvalue weighted by molar-refractivity contribution is -0.310. The largest absolute Gasteiger partial charge is 0.722 e. The molecule has 4 rings (SSSR count). The number of pyridine rings is 1. The van der Waals surface area contributed by atoms with Gasteiger partial charge in [-0.3, -0.25) is 4.79 Å². The summed E-state index contributed by atoms with van der Waals surface area (Å²) in [7, 11) is -4.04. The number of H-pyrrole nitrogens is 1. The maximum Gasteiger partial charge on any atom is 0.338 e. The summed E-state index contributed by atoms with van der Waals surface area (Å²) >= 11 is 0. The Bertz CT molecular complexity index is 1380. The smallest absolute Gasteiger partial charge is 0.338 e. The molecule has 0 atom stereocenters. The second-order valence-corrected chi connectivity index (χ2v) is 7.18. The first-order valence-corrected chi connectivity index (χ1v) is 10.2. The van der Waals surface area contributed by atoms with Crippen LogP contribution in [-0.4, -0.2) is 32.3 Å². The molecule has 0 radical (unpaired) electrons. The molecule has 0 aliphatic rings. The number of ether oxygens (including phenoxy) is 1. The standard InChI is InChI=1S/C22H15NO3.FHO3S/c1-26-22(25)17-6-4-8-19-21(17)20(15-11-9-14(13-24)10-12-15)16-5-2-3-7-18(16)23-19;1-5(2,3)4/h2-13H,1H3;(H,2,3,4). The van der Waals surface area contributed by atoms with E-state index in [1.54, 1.807) is 18.2 Å². The second-order valence-electron chi connectivity index (χ2n) is 6.40. The van der Waals surface area contributed by atoms with Crippen molar-refractivity contribution in [3.8, 4) is 11.1 Å². The zero-order valence-electron chi connectivity index (χ0n) is 16.2. The Hall–Kier alpha value is -3.69. The maximum atomic E-state index is 12.4. The normalized spacial score (nSPS) is 10.9. The molecule has 0 unspecified atom stereocenters. The van der Waals surface area contributed by atoms with Gasteiger partial charge in [-0.25, -0.2) is 18.2 Å². The third-order valence-electron chi connectivity index (χ3n) is 4.52. The molecule has 3 aromatic carbocycles. The van der Waals surface area contributed by atoms with Gasteiger partial charge in [-0.05, 0) is 17.7 Å². The highest BCUT2D eigenvalue weighted by Crippen LogP contribution is 2.35. The fourth-order valence-electron chi connectivity index (χ4n) is 3.32. The van der Waals surface area contributed by atoms with Gasteiger partial charge in [0.15, 0.2) is 0 Å². The number of esters is 1. The summed E-state index contributed by atoms with van der Waals surface area (Å²) in [6, 6.07) is 20.8. The molecule has 7 nitrogen and oxygen atoms in total. The molecule has 158 valence electrons. The number of fused-ring (bicyclic) bond motifs is 2. The van der Waals surface area contributed by atoms with Crippen molar-refractivity contribution >= 4 is 44.6 Å². The highest BCUT2D eigenvalue weighted by atomic mass is 32.3. The van der Waals surface area contributed by atoms with Crippen molar-refractivity contribution in [3.05, 3.63) is 77.9 Å². The molecule has 4 aromatic rings. The molecule has 1 N–H and O–H groups in total. The molecule has 0 fully saturated rings. The third kappa shape index (κ3) is 5.08. The van der Waals surface area contributed by atoms with E-state index in [1.165, 1.54) is 7.11 Å². The van der Waals surface area contributed by atoms with Gasteiger partial charge in [-0.15, -0.1) is 3.89 Å². The number of hydrogen-bond donors (Lipinski definition) is 0. The van der Waals surface area contributed by atoms with E-state index in [9.17, 15) is 13.5 Å². The number of carbonyl (C=O) groups excluding carboxylic acids is 2. The van der Waals surface area contributed by atoms with Crippen LogP contribution in [0.15, 0.2) is 66.7 Å². The van der Waals surface area contributed by atoms with Crippen LogP contribution in [0.3, 0.4) is 0 Å². The van der Waals surface area contributed by atoms with E-state index in [1.807, 2.05) is 48.5 Å². The number of benzene rings is 3. The molecule has 0 aliphatic carbocycles. The average Bonchev–Trinajstić information content (AvgIpc) is 2.75. The molecule has 9 heteroatoms. The number of aromatic nitrogens is 1. The Balaban J connectivity index is 0.000000491. The lowest BCUT2D eigenvalue weighted by atomic mass is 9.93. The number of hydrogen-bond acceptors (Lipinski definition) is 6. The Morgan fingerprint density at radius 2 is 1.61 bits per heavy atom. The number of para-hydroxylation sites is 1. The predicted molar refractivity (Wildman–Crippen MR) is 111 cm³/mol. The van der Waals surface area contributed by atoms with E-state index in [4.69, 9.17) is 17.7 Å². The maximum absolute atomic E-state index is 12.4. The van der Waals surface area contributed by atoms with Crippen LogP contribution >= 0.6 is 0 Å². The summed E-state index contributed by atoms with van der Waals surface area (Å²) in [5.41, 5.74) is 4.80. The van der Waals surface area contributed by atoms with Crippen molar-refractivity contribution < 1.29 is 36.2 Å². The number of nitrogens with one attached hydrogen (secondary N) is 1. The highest BCUT2D eigenvalue weighted by molar-refractivity contribution is 7.80. The van der Waals surface area contributed by atoms with Gasteiger partial charge < -0.3 is 9.29 Å². The number of methoxy groups -OCH3 is 1. The van der Waals surface area contributed by atoms with E-state index in [2.05, 4.69) is 4.98 Å². The Morgan fingerprint density at radius 1 is 1.00 bits per heavy atom. The quantitative estimate of drug-likeness (QED) is 0.158. The van der Waals surface area contributed by atoms with Gasteiger partial charge in [0.05, 0.1) is 23.4 Å². The summed E-state index contributed by atoms with van der Waals surface area (Å²) in [5.74, 6) is -0.384. The fraction of sp³-hybridized carbons (Fsp3) is 0.0455. The van der Waals surface area contributed by atoms with Crippen LogP contribution in [-0.2, 0) is 15.2 Å². The van der Waals surface area contributed by atoms with Crippen molar-refractivity contribution in [3.63, 3.8) is 0 Å². The van der Waals surface area contributed by atoms with Gasteiger partial charge in [-0.1, -0.05) is 42.5 Å². The van der Waals surface area contributed by atoms with E-state index >= 15 is 0 Å². The van der Waals surface area contributed by atoms with Gasteiger partial charge in [-0.2, -0.15) is 0 Å². The van der Waals surface area contributed by atoms with Gasteiger partial charge in [0.2, 0.25) is 11.0 Å². The number of halogens is 1. The lowest BCUT2D eigenvalue weighted by Crippen LogP contribution is -2.11. The first kappa shape index (κ1) is 22.0. The molecular formula is C22H16FNO6S. The van der Waals surface area contributed by atoms with E-state index in [0.717, 1.165) is 39.2 Å². The lowest BCUT2D eigenvalue weighted by Gasteiger charge is -2.11. The monoisotopic (exact) mass is 441 g/mol. The number of carbonyl (C=O) groups is 2. The molecule has 0 aliphatic heterocycles. The van der Waals surface area contributed by atoms with Crippen LogP contribution in [0.25, 0.3) is 32.9 Å². The molecule has 1 aromatic heterocycles. The average molecular weight is 441 g/mol. The minimum absolute atomic E-state index is 0.384. The molecule has 0 amide bonds. The second kappa shape index (κ2) is 8.99. The molecule has 31 heavy (non-hydrogen) atoms. The third-order valence-corrected chi connectivity index (χ3v) is 4.52. The van der Waals surface area contributed by atoms with Crippen LogP contribution < -0.4 is 4.98 Å². The van der Waals surface area contributed by atoms with Gasteiger partial charge in [0, 0.05) is 23.3 Å². The molecule has 0 bridgehead atoms. The molecule has 0 spiro atoms. The summed E-state index contributed by atoms with van der Waals surface area (Å²) in [4.78, 5) is 26.8. The minimum atomic E-state index is -5.42. The minimum Gasteiger partial charge on any atom is -0.722 e. The molecule has 0 saturated carbocycles. The van der Waals surface area contributed by atoms with Crippen molar-refractivity contribution in [1.82, 2.24) is 0 Å². The first-order valence-electron chi connectivity index (χ1n) is 8.89. The van der Waals surface area contributed by atoms with Gasteiger partial charge in [0.25, 0.3) is 10.5 Å². The van der Waals surface area contributed by atoms with E-state index in [-0.39, 0.29) is 5.97 Å². The van der Waals surface area contributed by atoms with Crippen LogP contribution in [0.4, 0.5) is 3.89 Å². The Morgan fingerprint density at radius 3 is 2.23 bits per heavy atom. The summed E-state index contributed by atoms with van der Waals surface area (Å²) in [5, 5.41) is 1.80. The molecule has 1 heterocycles. The SMILES string of the molecule is COC(=O)c1cccc2[nH+]c3ccccc3c(-c3ccc(C=O)cc3)c12.O=S(=O)([O-])F. The first-order chi connectivity index (χ1) is 14.7. The van der Waals surface area contributed by atoms with Gasteiger partial charge >= 0.3 is 5.97 Å². The zero-order valence-corrected chi connectivity index (χ0v) is 17.0. The zero-order chi connectivity index (χ0) is 22.6. The van der Waals surface area contributed by atoms with Crippen LogP contribution in [0, 0.1) is 0 Å². The van der Waals surface area contributed by atoms with Crippen LogP contribution in [0.5, 0.6) is 0 Å². The van der Waals surface area contributed by atoms with Crippen molar-refractivity contribution in [2.75, 3.05) is 7.11 Å². The summed E-state index contributed by atoms with van der Waals surface area (Å²) < 4.78 is 40.3. The van der Waals surface area contributed by atoms with Crippen molar-refractivity contribution in [2.45, 2.75) is 0 Å². The summed E-state index contributed by atoms with van der Waals surface area (Å²) in [6.07, 6.45) is 0.818. The number of rotatable bonds is 3. The molecular weight excluding hydrogens is 425 g/mol. The molecule has 0 saturated heterocycles. The van der Waals surface area contributed by atoms with Crippen molar-refractivity contribution in [2.24, 2.45) is 0 Å². The van der Waals surface area contributed by atoms with E-state index in [0.29, 0.717) is 11.1 Å². The Kier molecular flexibility index (Phi) is 6.38. The van der Waals surface area contributed by atoms with Crippen LogP contribution in [0.1, 0.15) is 20.7 Å². The van der Waals surface area contributed by atoms with E-state index < -0.39 is 10.5 Å². The summed E-state index contributed by atoms with van der Waals surface area (Å²) in [6.45, 7) is 0. The predicted octanol–water partition coefficient (Wildman–Crippen LogP) is 3.49. The Labute approximate surface area is 177 Å². The number of aromatic amines is 1. The van der Waals surface area contributed by atoms with Crippen molar-refractivity contribution in [1.29, 1.82) is 0 Å². The number of aldehydes is 1. The fourth-order valence-corrected chi connectivity index (χ4v) is 3.32. The van der Waals surface area contributed by atoms with Gasteiger partial charge in [0.1, 0.15) is 6.29 Å². The topological polar surface area (TPSA) is 115 Å².